The zero-order valence-corrected chi connectivity index (χ0v) is 14.1. The number of carbonyl (C=O) groups is 3. The van der Waals surface area contributed by atoms with E-state index >= 15 is 0 Å². The van der Waals surface area contributed by atoms with Crippen molar-refractivity contribution in [1.82, 2.24) is 0 Å². The Bertz CT molecular complexity index is 531. The number of cyclic esters (lactones) is 1. The third kappa shape index (κ3) is 6.37. The maximum atomic E-state index is 11.7. The van der Waals surface area contributed by atoms with E-state index in [1.54, 1.807) is 0 Å². The first-order chi connectivity index (χ1) is 12.3. The maximum Gasteiger partial charge on any atom is 0.511 e. The molecule has 0 amide bonds. The van der Waals surface area contributed by atoms with E-state index in [4.69, 9.17) is 9.47 Å². The molecule has 0 aromatic rings. The minimum Gasteiger partial charge on any atom is -0.455 e. The lowest BCUT2D eigenvalue weighted by Gasteiger charge is -2.35. The van der Waals surface area contributed by atoms with Crippen LogP contribution in [0.15, 0.2) is 25.3 Å². The molecule has 1 heterocycles. The van der Waals surface area contributed by atoms with Gasteiger partial charge in [0.15, 0.2) is 6.10 Å². The van der Waals surface area contributed by atoms with Gasteiger partial charge in [-0.25, -0.2) is 9.59 Å². The number of aliphatic hydroxyl groups excluding tert-OH is 1. The highest BCUT2D eigenvalue weighted by Gasteiger charge is 2.53. The SMILES string of the molecule is C=CCOC(=O)OC(O)C(O)(OC(=O)OCC=C)C1CCCCC(=O)O1. The average Bonchev–Trinajstić information content (AvgIpc) is 2.82. The molecule has 26 heavy (non-hydrogen) atoms. The van der Waals surface area contributed by atoms with Crippen LogP contribution in [-0.2, 0) is 28.5 Å². The molecular formula is C16H22O10. The van der Waals surface area contributed by atoms with Gasteiger partial charge < -0.3 is 33.9 Å². The summed E-state index contributed by atoms with van der Waals surface area (Å²) in [6, 6.07) is 0. The van der Waals surface area contributed by atoms with E-state index in [1.807, 2.05) is 0 Å². The Labute approximate surface area is 149 Å². The highest BCUT2D eigenvalue weighted by Crippen LogP contribution is 2.29. The lowest BCUT2D eigenvalue weighted by molar-refractivity contribution is -0.329. The van der Waals surface area contributed by atoms with Crippen LogP contribution in [0.2, 0.25) is 0 Å². The van der Waals surface area contributed by atoms with Crippen molar-refractivity contribution in [3.05, 3.63) is 25.3 Å². The summed E-state index contributed by atoms with van der Waals surface area (Å²) < 4.78 is 23.3. The molecular weight excluding hydrogens is 352 g/mol. The Morgan fingerprint density at radius 2 is 1.85 bits per heavy atom. The second-order valence-corrected chi connectivity index (χ2v) is 5.25. The van der Waals surface area contributed by atoms with Crippen LogP contribution in [0, 0.1) is 0 Å². The Hall–Kier alpha value is -2.59. The van der Waals surface area contributed by atoms with Crippen molar-refractivity contribution in [1.29, 1.82) is 0 Å². The molecule has 3 atom stereocenters. The van der Waals surface area contributed by atoms with Gasteiger partial charge in [-0.1, -0.05) is 25.3 Å². The summed E-state index contributed by atoms with van der Waals surface area (Å²) >= 11 is 0. The minimum absolute atomic E-state index is 0.0408. The van der Waals surface area contributed by atoms with E-state index in [0.717, 1.165) is 0 Å². The fourth-order valence-corrected chi connectivity index (χ4v) is 2.07. The Morgan fingerprint density at radius 1 is 1.23 bits per heavy atom. The summed E-state index contributed by atoms with van der Waals surface area (Å²) in [5.41, 5.74) is 0. The van der Waals surface area contributed by atoms with Crippen molar-refractivity contribution in [3.8, 4) is 0 Å². The number of aliphatic hydroxyl groups is 2. The van der Waals surface area contributed by atoms with Gasteiger partial charge in [0.05, 0.1) is 0 Å². The van der Waals surface area contributed by atoms with Crippen LogP contribution in [0.25, 0.3) is 0 Å². The lowest BCUT2D eigenvalue weighted by atomic mass is 10.0. The number of hydrogen-bond donors (Lipinski definition) is 2. The molecule has 1 rings (SSSR count). The van der Waals surface area contributed by atoms with Gasteiger partial charge >= 0.3 is 24.1 Å². The quantitative estimate of drug-likeness (QED) is 0.275. The van der Waals surface area contributed by atoms with E-state index in [1.165, 1.54) is 12.2 Å². The third-order valence-electron chi connectivity index (χ3n) is 3.28. The molecule has 146 valence electrons. The van der Waals surface area contributed by atoms with Crippen molar-refractivity contribution in [2.75, 3.05) is 13.2 Å². The van der Waals surface area contributed by atoms with Gasteiger partial charge in [-0.2, -0.15) is 0 Å². The van der Waals surface area contributed by atoms with E-state index in [2.05, 4.69) is 27.4 Å². The van der Waals surface area contributed by atoms with Gasteiger partial charge in [0.1, 0.15) is 13.2 Å². The Kier molecular flexibility index (Phi) is 8.59. The standard InChI is InChI=1S/C16H22O10/c1-3-9-22-14(19)25-13(18)16(21,26-15(20)23-10-4-2)11-7-5-6-8-12(17)24-11/h3-4,11,13,18,21H,1-2,5-10H2. The molecule has 0 spiro atoms. The van der Waals surface area contributed by atoms with Crippen molar-refractivity contribution >= 4 is 18.3 Å². The van der Waals surface area contributed by atoms with Gasteiger partial charge in [-0.3, -0.25) is 4.79 Å². The molecule has 0 aliphatic carbocycles. The maximum absolute atomic E-state index is 11.7. The van der Waals surface area contributed by atoms with Crippen LogP contribution < -0.4 is 0 Å². The Morgan fingerprint density at radius 3 is 2.46 bits per heavy atom. The Balaban J connectivity index is 2.96. The molecule has 2 N–H and O–H groups in total. The molecule has 0 aromatic carbocycles. The molecule has 0 saturated carbocycles. The molecule has 10 nitrogen and oxygen atoms in total. The first-order valence-corrected chi connectivity index (χ1v) is 7.84. The summed E-state index contributed by atoms with van der Waals surface area (Å²) in [5, 5.41) is 20.8. The third-order valence-corrected chi connectivity index (χ3v) is 3.28. The summed E-state index contributed by atoms with van der Waals surface area (Å²) in [6.45, 7) is 6.20. The van der Waals surface area contributed by atoms with Gasteiger partial charge in [0.25, 0.3) is 6.29 Å². The fourth-order valence-electron chi connectivity index (χ4n) is 2.07. The summed E-state index contributed by atoms with van der Waals surface area (Å²) in [5.74, 6) is -3.57. The highest BCUT2D eigenvalue weighted by atomic mass is 16.8. The van der Waals surface area contributed by atoms with E-state index in [0.29, 0.717) is 12.8 Å². The van der Waals surface area contributed by atoms with Gasteiger partial charge in [-0.15, -0.1) is 0 Å². The second-order valence-electron chi connectivity index (χ2n) is 5.25. The first-order valence-electron chi connectivity index (χ1n) is 7.84. The summed E-state index contributed by atoms with van der Waals surface area (Å²) in [7, 11) is 0. The fraction of sp³-hybridized carbons (Fsp3) is 0.562. The predicted molar refractivity (Wildman–Crippen MR) is 84.6 cm³/mol. The van der Waals surface area contributed by atoms with Crippen LogP contribution in [0.4, 0.5) is 9.59 Å². The normalized spacial score (nSPS) is 20.4. The second kappa shape index (κ2) is 10.4. The minimum atomic E-state index is -2.90. The molecule has 1 aliphatic rings. The van der Waals surface area contributed by atoms with E-state index in [9.17, 15) is 24.6 Å². The van der Waals surface area contributed by atoms with E-state index in [-0.39, 0.29) is 26.1 Å². The molecule has 1 aliphatic heterocycles. The molecule has 0 aromatic heterocycles. The topological polar surface area (TPSA) is 138 Å². The average molecular weight is 374 g/mol. The first kappa shape index (κ1) is 21.5. The zero-order valence-electron chi connectivity index (χ0n) is 14.1. The van der Waals surface area contributed by atoms with Crippen molar-refractivity contribution < 1.29 is 48.3 Å². The van der Waals surface area contributed by atoms with Crippen LogP contribution in [-0.4, -0.2) is 59.9 Å². The molecule has 0 bridgehead atoms. The van der Waals surface area contributed by atoms with Crippen LogP contribution in [0.3, 0.4) is 0 Å². The molecule has 1 fully saturated rings. The van der Waals surface area contributed by atoms with Crippen LogP contribution in [0.1, 0.15) is 25.7 Å². The number of hydrogen-bond acceptors (Lipinski definition) is 10. The number of rotatable bonds is 8. The van der Waals surface area contributed by atoms with Crippen molar-refractivity contribution in [3.63, 3.8) is 0 Å². The van der Waals surface area contributed by atoms with E-state index < -0.39 is 36.5 Å². The predicted octanol–water partition coefficient (Wildman–Crippen LogP) is 1.16. The van der Waals surface area contributed by atoms with Gasteiger partial charge in [-0.05, 0) is 19.3 Å². The number of ether oxygens (including phenoxy) is 5. The lowest BCUT2D eigenvalue weighted by Crippen LogP contribution is -2.58. The van der Waals surface area contributed by atoms with Crippen molar-refractivity contribution in [2.24, 2.45) is 0 Å². The monoisotopic (exact) mass is 374 g/mol. The summed E-state index contributed by atoms with van der Waals surface area (Å²) in [4.78, 5) is 34.8. The van der Waals surface area contributed by atoms with Crippen LogP contribution in [0.5, 0.6) is 0 Å². The molecule has 3 unspecified atom stereocenters. The number of esters is 1. The largest absolute Gasteiger partial charge is 0.511 e. The highest BCUT2D eigenvalue weighted by molar-refractivity contribution is 5.70. The number of carbonyl (C=O) groups excluding carboxylic acids is 3. The van der Waals surface area contributed by atoms with Crippen LogP contribution >= 0.6 is 0 Å². The zero-order chi connectivity index (χ0) is 19.6. The smallest absolute Gasteiger partial charge is 0.455 e. The molecule has 1 saturated heterocycles. The molecule has 0 radical (unpaired) electrons. The van der Waals surface area contributed by atoms with Crippen molar-refractivity contribution in [2.45, 2.75) is 43.9 Å². The molecule has 10 heteroatoms. The summed E-state index contributed by atoms with van der Waals surface area (Å²) in [6.07, 6.45) is -3.13. The van der Waals surface area contributed by atoms with Gasteiger partial charge in [0.2, 0.25) is 0 Å². The van der Waals surface area contributed by atoms with Gasteiger partial charge in [0, 0.05) is 6.42 Å².